The Bertz CT molecular complexity index is 371. The summed E-state index contributed by atoms with van der Waals surface area (Å²) in [5.74, 6) is 0.990. The van der Waals surface area contributed by atoms with Crippen LogP contribution in [0.4, 0.5) is 0 Å². The molecule has 0 heterocycles. The van der Waals surface area contributed by atoms with Crippen LogP contribution >= 0.6 is 0 Å². The van der Waals surface area contributed by atoms with E-state index < -0.39 is 0 Å². The van der Waals surface area contributed by atoms with Gasteiger partial charge in [0.25, 0.3) is 0 Å². The minimum Gasteiger partial charge on any atom is -0.492 e. The Hall–Kier alpha value is -1.06. The monoisotopic (exact) mass is 264 g/mol. The smallest absolute Gasteiger partial charge is 0.123 e. The average molecular weight is 264 g/mol. The maximum atomic E-state index is 5.89. The van der Waals surface area contributed by atoms with Crippen molar-refractivity contribution in [1.29, 1.82) is 0 Å². The van der Waals surface area contributed by atoms with E-state index in [1.165, 1.54) is 5.56 Å². The Morgan fingerprint density at radius 3 is 2.53 bits per heavy atom. The Morgan fingerprint density at radius 1 is 1.21 bits per heavy atom. The van der Waals surface area contributed by atoms with Gasteiger partial charge in [0, 0.05) is 24.2 Å². The van der Waals surface area contributed by atoms with E-state index in [4.69, 9.17) is 4.74 Å². The molecule has 1 N–H and O–H groups in total. The summed E-state index contributed by atoms with van der Waals surface area (Å²) in [6.07, 6.45) is 0. The molecule has 108 valence electrons. The molecule has 1 aromatic carbocycles. The molecule has 0 saturated heterocycles. The van der Waals surface area contributed by atoms with Crippen LogP contribution in [0.1, 0.15) is 33.3 Å². The first kappa shape index (κ1) is 16.0. The first-order valence-corrected chi connectivity index (χ1v) is 7.06. The van der Waals surface area contributed by atoms with Crippen molar-refractivity contribution in [3.8, 4) is 5.75 Å². The molecular formula is C16H28N2O. The molecule has 3 heteroatoms. The fourth-order valence-corrected chi connectivity index (χ4v) is 1.62. The standard InChI is InChI=1S/C16H28N2O/c1-6-18(5)11-12-19-15-10-8-7-9-14(15)13-17-16(2,3)4/h7-10,17H,6,11-13H2,1-5H3. The maximum absolute atomic E-state index is 5.89. The number of para-hydroxylation sites is 1. The van der Waals surface area contributed by atoms with Crippen molar-refractivity contribution in [2.75, 3.05) is 26.7 Å². The highest BCUT2D eigenvalue weighted by Crippen LogP contribution is 2.18. The van der Waals surface area contributed by atoms with Gasteiger partial charge in [-0.1, -0.05) is 25.1 Å². The van der Waals surface area contributed by atoms with Crippen LogP contribution in [0.15, 0.2) is 24.3 Å². The van der Waals surface area contributed by atoms with Gasteiger partial charge in [0.2, 0.25) is 0 Å². The SMILES string of the molecule is CCN(C)CCOc1ccccc1CNC(C)(C)C. The molecule has 0 aromatic heterocycles. The van der Waals surface area contributed by atoms with E-state index >= 15 is 0 Å². The summed E-state index contributed by atoms with van der Waals surface area (Å²) < 4.78 is 5.89. The lowest BCUT2D eigenvalue weighted by Crippen LogP contribution is -2.35. The molecule has 0 atom stereocenters. The lowest BCUT2D eigenvalue weighted by molar-refractivity contribution is 0.241. The summed E-state index contributed by atoms with van der Waals surface area (Å²) in [6, 6.07) is 8.26. The summed E-state index contributed by atoms with van der Waals surface area (Å²) in [4.78, 5) is 2.25. The topological polar surface area (TPSA) is 24.5 Å². The highest BCUT2D eigenvalue weighted by Gasteiger charge is 2.10. The quantitative estimate of drug-likeness (QED) is 0.819. The van der Waals surface area contributed by atoms with Gasteiger partial charge in [-0.3, -0.25) is 0 Å². The highest BCUT2D eigenvalue weighted by atomic mass is 16.5. The zero-order valence-electron chi connectivity index (χ0n) is 13.0. The van der Waals surface area contributed by atoms with Crippen LogP contribution in [0.5, 0.6) is 5.75 Å². The van der Waals surface area contributed by atoms with Gasteiger partial charge in [0.15, 0.2) is 0 Å². The number of nitrogens with zero attached hydrogens (tertiary/aromatic N) is 1. The van der Waals surface area contributed by atoms with Crippen molar-refractivity contribution in [2.24, 2.45) is 0 Å². The van der Waals surface area contributed by atoms with Gasteiger partial charge in [0.05, 0.1) is 0 Å². The minimum atomic E-state index is 0.121. The van der Waals surface area contributed by atoms with Crippen molar-refractivity contribution in [1.82, 2.24) is 10.2 Å². The fourth-order valence-electron chi connectivity index (χ4n) is 1.62. The van der Waals surface area contributed by atoms with Crippen molar-refractivity contribution >= 4 is 0 Å². The Morgan fingerprint density at radius 2 is 1.89 bits per heavy atom. The second kappa shape index (κ2) is 7.51. The lowest BCUT2D eigenvalue weighted by Gasteiger charge is -2.22. The van der Waals surface area contributed by atoms with Gasteiger partial charge < -0.3 is 15.0 Å². The van der Waals surface area contributed by atoms with E-state index in [-0.39, 0.29) is 5.54 Å². The number of hydrogen-bond donors (Lipinski definition) is 1. The van der Waals surface area contributed by atoms with Gasteiger partial charge >= 0.3 is 0 Å². The zero-order chi connectivity index (χ0) is 14.3. The zero-order valence-corrected chi connectivity index (χ0v) is 13.0. The third-order valence-electron chi connectivity index (χ3n) is 3.05. The second-order valence-electron chi connectivity index (χ2n) is 5.96. The first-order valence-electron chi connectivity index (χ1n) is 7.06. The molecule has 0 radical (unpaired) electrons. The lowest BCUT2D eigenvalue weighted by atomic mass is 10.1. The van der Waals surface area contributed by atoms with E-state index in [9.17, 15) is 0 Å². The molecule has 0 spiro atoms. The van der Waals surface area contributed by atoms with E-state index in [1.807, 2.05) is 12.1 Å². The molecule has 0 saturated carbocycles. The van der Waals surface area contributed by atoms with E-state index in [1.54, 1.807) is 0 Å². The van der Waals surface area contributed by atoms with E-state index in [2.05, 4.69) is 57.1 Å². The predicted molar refractivity (Wildman–Crippen MR) is 81.7 cm³/mol. The molecule has 0 aliphatic rings. The Labute approximate surface area is 118 Å². The first-order chi connectivity index (χ1) is 8.92. The summed E-state index contributed by atoms with van der Waals surface area (Å²) >= 11 is 0. The van der Waals surface area contributed by atoms with Gasteiger partial charge in [-0.05, 0) is 40.4 Å². The Kier molecular flexibility index (Phi) is 6.32. The number of ether oxygens (including phenoxy) is 1. The largest absolute Gasteiger partial charge is 0.492 e. The van der Waals surface area contributed by atoms with Crippen LogP contribution < -0.4 is 10.1 Å². The van der Waals surface area contributed by atoms with Crippen LogP contribution in [-0.4, -0.2) is 37.2 Å². The highest BCUT2D eigenvalue weighted by molar-refractivity contribution is 5.33. The van der Waals surface area contributed by atoms with Crippen molar-refractivity contribution in [2.45, 2.75) is 39.8 Å². The van der Waals surface area contributed by atoms with Gasteiger partial charge in [-0.15, -0.1) is 0 Å². The van der Waals surface area contributed by atoms with Crippen LogP contribution in [0.2, 0.25) is 0 Å². The Balaban J connectivity index is 2.53. The molecule has 0 unspecified atom stereocenters. The normalized spacial score (nSPS) is 11.9. The van der Waals surface area contributed by atoms with E-state index in [0.29, 0.717) is 0 Å². The summed E-state index contributed by atoms with van der Waals surface area (Å²) in [7, 11) is 2.11. The summed E-state index contributed by atoms with van der Waals surface area (Å²) in [6.45, 7) is 12.3. The molecule has 0 aliphatic heterocycles. The van der Waals surface area contributed by atoms with Gasteiger partial charge in [-0.25, -0.2) is 0 Å². The molecule has 0 amide bonds. The van der Waals surface area contributed by atoms with Crippen molar-refractivity contribution < 1.29 is 4.74 Å². The average Bonchev–Trinajstić information content (AvgIpc) is 2.36. The number of benzene rings is 1. The van der Waals surface area contributed by atoms with Crippen LogP contribution in [0.3, 0.4) is 0 Å². The maximum Gasteiger partial charge on any atom is 0.123 e. The third-order valence-corrected chi connectivity index (χ3v) is 3.05. The number of likely N-dealkylation sites (N-methyl/N-ethyl adjacent to an activating group) is 1. The minimum absolute atomic E-state index is 0.121. The van der Waals surface area contributed by atoms with E-state index in [0.717, 1.165) is 32.0 Å². The number of nitrogens with one attached hydrogen (secondary N) is 1. The number of rotatable bonds is 7. The van der Waals surface area contributed by atoms with Crippen LogP contribution in [0, 0.1) is 0 Å². The fraction of sp³-hybridized carbons (Fsp3) is 0.625. The molecule has 0 fully saturated rings. The molecular weight excluding hydrogens is 236 g/mol. The van der Waals surface area contributed by atoms with Crippen LogP contribution in [-0.2, 0) is 6.54 Å². The molecule has 19 heavy (non-hydrogen) atoms. The molecule has 1 aromatic rings. The summed E-state index contributed by atoms with van der Waals surface area (Å²) in [5, 5.41) is 3.50. The molecule has 0 bridgehead atoms. The predicted octanol–water partition coefficient (Wildman–Crippen LogP) is 2.91. The molecule has 3 nitrogen and oxygen atoms in total. The van der Waals surface area contributed by atoms with Crippen molar-refractivity contribution in [3.63, 3.8) is 0 Å². The van der Waals surface area contributed by atoms with Crippen LogP contribution in [0.25, 0.3) is 0 Å². The summed E-state index contributed by atoms with van der Waals surface area (Å²) in [5.41, 5.74) is 1.34. The van der Waals surface area contributed by atoms with Crippen molar-refractivity contribution in [3.05, 3.63) is 29.8 Å². The second-order valence-corrected chi connectivity index (χ2v) is 5.96. The third kappa shape index (κ3) is 6.60. The molecule has 1 rings (SSSR count). The van der Waals surface area contributed by atoms with Gasteiger partial charge in [-0.2, -0.15) is 0 Å². The molecule has 0 aliphatic carbocycles. The van der Waals surface area contributed by atoms with Gasteiger partial charge in [0.1, 0.15) is 12.4 Å². The number of hydrogen-bond acceptors (Lipinski definition) is 3.